The lowest BCUT2D eigenvalue weighted by atomic mass is 10.3. The number of methoxy groups -OCH3 is 1. The third kappa shape index (κ3) is 3.17. The average Bonchev–Trinajstić information content (AvgIpc) is 2.78. The Balaban J connectivity index is 2.05. The minimum Gasteiger partial charge on any atom is -0.497 e. The zero-order valence-electron chi connectivity index (χ0n) is 11.0. The number of aromatic amines is 1. The molecule has 2 N–H and O–H groups in total. The Kier molecular flexibility index (Phi) is 4.49. The van der Waals surface area contributed by atoms with E-state index in [4.69, 9.17) is 4.74 Å². The molecule has 4 nitrogen and oxygen atoms in total. The summed E-state index contributed by atoms with van der Waals surface area (Å²) in [6.07, 6.45) is 0. The zero-order valence-corrected chi connectivity index (χ0v) is 11.8. The van der Waals surface area contributed by atoms with E-state index >= 15 is 0 Å². The summed E-state index contributed by atoms with van der Waals surface area (Å²) in [5.74, 6) is 1.86. The van der Waals surface area contributed by atoms with E-state index in [2.05, 4.69) is 29.1 Å². The maximum Gasteiger partial charge on any atom is 0.166 e. The van der Waals surface area contributed by atoms with Crippen LogP contribution in [-0.4, -0.2) is 35.4 Å². The minimum absolute atomic E-state index is 0.489. The van der Waals surface area contributed by atoms with E-state index in [9.17, 15) is 0 Å². The van der Waals surface area contributed by atoms with Crippen molar-refractivity contribution in [3.63, 3.8) is 0 Å². The molecule has 1 aromatic heterocycles. The average molecular weight is 265 g/mol. The third-order valence-corrected chi connectivity index (χ3v) is 3.82. The molecule has 98 valence electrons. The van der Waals surface area contributed by atoms with Crippen molar-refractivity contribution in [3.05, 3.63) is 18.2 Å². The summed E-state index contributed by atoms with van der Waals surface area (Å²) >= 11 is 1.74. The fraction of sp³-hybridized carbons (Fsp3) is 0.462. The molecule has 0 bridgehead atoms. The summed E-state index contributed by atoms with van der Waals surface area (Å²) in [5.41, 5.74) is 2.00. The number of nitrogens with zero attached hydrogens (tertiary/aromatic N) is 1. The van der Waals surface area contributed by atoms with Gasteiger partial charge in [-0.25, -0.2) is 4.98 Å². The molecule has 0 fully saturated rings. The monoisotopic (exact) mass is 265 g/mol. The number of hydrogen-bond acceptors (Lipinski definition) is 4. The number of nitrogens with one attached hydrogen (secondary N) is 2. The molecule has 0 radical (unpaired) electrons. The summed E-state index contributed by atoms with van der Waals surface area (Å²) < 4.78 is 5.20. The molecule has 0 saturated heterocycles. The molecule has 1 heterocycles. The Morgan fingerprint density at radius 3 is 3.06 bits per heavy atom. The molecule has 0 aliphatic heterocycles. The highest BCUT2D eigenvalue weighted by Gasteiger charge is 2.06. The van der Waals surface area contributed by atoms with E-state index < -0.39 is 0 Å². The molecule has 0 aliphatic rings. The minimum atomic E-state index is 0.489. The number of aromatic nitrogens is 2. The second kappa shape index (κ2) is 6.11. The van der Waals surface area contributed by atoms with Crippen LogP contribution in [0.5, 0.6) is 5.75 Å². The van der Waals surface area contributed by atoms with Crippen molar-refractivity contribution < 1.29 is 4.74 Å². The molecule has 2 aromatic rings. The Bertz CT molecular complexity index is 512. The number of H-pyrrole nitrogens is 1. The van der Waals surface area contributed by atoms with E-state index in [1.165, 1.54) is 0 Å². The van der Waals surface area contributed by atoms with Gasteiger partial charge in [-0.2, -0.15) is 0 Å². The fourth-order valence-electron chi connectivity index (χ4n) is 1.77. The molecular weight excluding hydrogens is 246 g/mol. The van der Waals surface area contributed by atoms with Crippen LogP contribution in [0.2, 0.25) is 0 Å². The van der Waals surface area contributed by atoms with Crippen LogP contribution >= 0.6 is 11.8 Å². The van der Waals surface area contributed by atoms with Gasteiger partial charge in [0.05, 0.1) is 18.1 Å². The quantitative estimate of drug-likeness (QED) is 0.788. The van der Waals surface area contributed by atoms with Gasteiger partial charge in [0.25, 0.3) is 0 Å². The van der Waals surface area contributed by atoms with Crippen molar-refractivity contribution in [2.45, 2.75) is 25.0 Å². The van der Waals surface area contributed by atoms with Crippen molar-refractivity contribution in [1.82, 2.24) is 15.3 Å². The van der Waals surface area contributed by atoms with Gasteiger partial charge in [-0.15, -0.1) is 0 Å². The van der Waals surface area contributed by atoms with Crippen molar-refractivity contribution in [2.75, 3.05) is 19.4 Å². The van der Waals surface area contributed by atoms with Crippen LogP contribution in [0.4, 0.5) is 0 Å². The van der Waals surface area contributed by atoms with E-state index in [0.717, 1.165) is 34.2 Å². The van der Waals surface area contributed by atoms with Crippen LogP contribution in [0.1, 0.15) is 13.8 Å². The van der Waals surface area contributed by atoms with Gasteiger partial charge in [-0.05, 0) is 25.6 Å². The number of benzene rings is 1. The number of imidazole rings is 1. The molecule has 0 saturated carbocycles. The summed E-state index contributed by atoms with van der Waals surface area (Å²) in [7, 11) is 1.67. The summed E-state index contributed by atoms with van der Waals surface area (Å²) in [5, 5.41) is 4.35. The molecule has 0 amide bonds. The summed E-state index contributed by atoms with van der Waals surface area (Å²) in [4.78, 5) is 7.86. The highest BCUT2D eigenvalue weighted by molar-refractivity contribution is 7.99. The highest BCUT2D eigenvalue weighted by Crippen LogP contribution is 2.23. The van der Waals surface area contributed by atoms with Gasteiger partial charge < -0.3 is 15.0 Å². The topological polar surface area (TPSA) is 49.9 Å². The summed E-state index contributed by atoms with van der Waals surface area (Å²) in [6, 6.07) is 6.37. The third-order valence-electron chi connectivity index (χ3n) is 2.69. The van der Waals surface area contributed by atoms with Crippen molar-refractivity contribution in [2.24, 2.45) is 0 Å². The Labute approximate surface area is 112 Å². The molecular formula is C13H19N3OS. The maximum atomic E-state index is 5.20. The molecule has 18 heavy (non-hydrogen) atoms. The van der Waals surface area contributed by atoms with Crippen LogP contribution in [0.25, 0.3) is 11.0 Å². The van der Waals surface area contributed by atoms with Crippen LogP contribution in [0, 0.1) is 0 Å². The van der Waals surface area contributed by atoms with Crippen LogP contribution in [-0.2, 0) is 0 Å². The van der Waals surface area contributed by atoms with Crippen molar-refractivity contribution in [1.29, 1.82) is 0 Å². The van der Waals surface area contributed by atoms with E-state index in [0.29, 0.717) is 6.04 Å². The lowest BCUT2D eigenvalue weighted by molar-refractivity contribution is 0.415. The van der Waals surface area contributed by atoms with Gasteiger partial charge in [0.1, 0.15) is 5.75 Å². The van der Waals surface area contributed by atoms with Crippen LogP contribution < -0.4 is 10.1 Å². The van der Waals surface area contributed by atoms with Gasteiger partial charge >= 0.3 is 0 Å². The predicted molar refractivity (Wildman–Crippen MR) is 76.5 cm³/mol. The van der Waals surface area contributed by atoms with Crippen LogP contribution in [0.15, 0.2) is 23.4 Å². The standard InChI is InChI=1S/C13H19N3OS/c1-4-14-9(2)8-18-13-15-11-6-5-10(17-3)7-12(11)16-13/h5-7,9,14H,4,8H2,1-3H3,(H,15,16). The Hall–Kier alpha value is -1.20. The molecule has 0 aliphatic carbocycles. The smallest absolute Gasteiger partial charge is 0.166 e. The van der Waals surface area contributed by atoms with E-state index in [1.54, 1.807) is 18.9 Å². The first-order valence-corrected chi connectivity index (χ1v) is 7.11. The molecule has 1 unspecified atom stereocenters. The first-order chi connectivity index (χ1) is 8.72. The van der Waals surface area contributed by atoms with Crippen molar-refractivity contribution in [3.8, 4) is 5.75 Å². The number of thioether (sulfide) groups is 1. The number of ether oxygens (including phenoxy) is 1. The Morgan fingerprint density at radius 2 is 2.33 bits per heavy atom. The summed E-state index contributed by atoms with van der Waals surface area (Å²) in [6.45, 7) is 5.30. The predicted octanol–water partition coefficient (Wildman–Crippen LogP) is 2.66. The Morgan fingerprint density at radius 1 is 1.50 bits per heavy atom. The number of hydrogen-bond donors (Lipinski definition) is 2. The van der Waals surface area contributed by atoms with Gasteiger partial charge in [-0.1, -0.05) is 18.7 Å². The van der Waals surface area contributed by atoms with E-state index in [-0.39, 0.29) is 0 Å². The number of rotatable bonds is 6. The second-order valence-corrected chi connectivity index (χ2v) is 5.20. The molecule has 5 heteroatoms. The number of fused-ring (bicyclic) bond motifs is 1. The lowest BCUT2D eigenvalue weighted by Crippen LogP contribution is -2.27. The normalized spacial score (nSPS) is 12.8. The SMILES string of the molecule is CCNC(C)CSc1nc2ccc(OC)cc2[nH]1. The molecule has 0 spiro atoms. The largest absolute Gasteiger partial charge is 0.497 e. The zero-order chi connectivity index (χ0) is 13.0. The first kappa shape index (κ1) is 13.2. The van der Waals surface area contributed by atoms with Gasteiger partial charge in [0.15, 0.2) is 5.16 Å². The van der Waals surface area contributed by atoms with E-state index in [1.807, 2.05) is 18.2 Å². The molecule has 1 aromatic carbocycles. The maximum absolute atomic E-state index is 5.20. The van der Waals surface area contributed by atoms with Gasteiger partial charge in [-0.3, -0.25) is 0 Å². The molecule has 1 atom stereocenters. The van der Waals surface area contributed by atoms with Crippen molar-refractivity contribution >= 4 is 22.8 Å². The lowest BCUT2D eigenvalue weighted by Gasteiger charge is -2.09. The second-order valence-electron chi connectivity index (χ2n) is 4.19. The van der Waals surface area contributed by atoms with Gasteiger partial charge in [0.2, 0.25) is 0 Å². The first-order valence-electron chi connectivity index (χ1n) is 6.13. The van der Waals surface area contributed by atoms with Crippen LogP contribution in [0.3, 0.4) is 0 Å². The van der Waals surface area contributed by atoms with Gasteiger partial charge in [0, 0.05) is 17.9 Å². The highest BCUT2D eigenvalue weighted by atomic mass is 32.2. The molecule has 2 rings (SSSR count). The fourth-order valence-corrected chi connectivity index (χ4v) is 2.64.